The summed E-state index contributed by atoms with van der Waals surface area (Å²) in [5.41, 5.74) is 2.24. The largest absolute Gasteiger partial charge is 0.343 e. The molecular formula is C30H38FN5O2. The van der Waals surface area contributed by atoms with Crippen molar-refractivity contribution in [1.29, 1.82) is 5.26 Å². The van der Waals surface area contributed by atoms with Gasteiger partial charge in [0.25, 0.3) is 0 Å². The van der Waals surface area contributed by atoms with Gasteiger partial charge in [0.05, 0.1) is 11.6 Å². The number of likely N-dealkylation sites (tertiary alicyclic amines) is 1. The number of carbonyl (C=O) groups is 2. The Morgan fingerprint density at radius 3 is 2.68 bits per heavy atom. The zero-order valence-electron chi connectivity index (χ0n) is 22.3. The van der Waals surface area contributed by atoms with Gasteiger partial charge in [-0.05, 0) is 92.8 Å². The van der Waals surface area contributed by atoms with Crippen LogP contribution in [0.5, 0.6) is 0 Å². The molecule has 1 unspecified atom stereocenters. The van der Waals surface area contributed by atoms with Crippen LogP contribution in [0, 0.1) is 29.0 Å². The normalized spacial score (nSPS) is 23.7. The molecule has 2 aromatic rings. The van der Waals surface area contributed by atoms with Crippen LogP contribution in [0.4, 0.5) is 14.9 Å². The zero-order valence-corrected chi connectivity index (χ0v) is 22.3. The summed E-state index contributed by atoms with van der Waals surface area (Å²) in [7, 11) is 1.87. The summed E-state index contributed by atoms with van der Waals surface area (Å²) in [6.07, 6.45) is 5.68. The van der Waals surface area contributed by atoms with Crippen LogP contribution in [-0.4, -0.2) is 60.5 Å². The number of carbonyl (C=O) groups excluding carboxylic acids is 2. The maximum absolute atomic E-state index is 13.3. The van der Waals surface area contributed by atoms with Gasteiger partial charge in [0, 0.05) is 44.8 Å². The quantitative estimate of drug-likeness (QED) is 0.551. The van der Waals surface area contributed by atoms with E-state index < -0.39 is 0 Å². The highest BCUT2D eigenvalue weighted by Gasteiger charge is 2.35. The summed E-state index contributed by atoms with van der Waals surface area (Å²) in [4.78, 5) is 29.3. The Balaban J connectivity index is 1.40. The van der Waals surface area contributed by atoms with Gasteiger partial charge in [0.2, 0.25) is 5.91 Å². The van der Waals surface area contributed by atoms with Gasteiger partial charge in [-0.25, -0.2) is 9.18 Å². The van der Waals surface area contributed by atoms with Gasteiger partial charge in [0.1, 0.15) is 5.82 Å². The predicted molar refractivity (Wildman–Crippen MR) is 146 cm³/mol. The molecule has 38 heavy (non-hydrogen) atoms. The highest BCUT2D eigenvalue weighted by atomic mass is 19.1. The third-order valence-corrected chi connectivity index (χ3v) is 8.10. The lowest BCUT2D eigenvalue weighted by molar-refractivity contribution is -0.130. The number of rotatable bonds is 7. The van der Waals surface area contributed by atoms with E-state index in [2.05, 4.69) is 21.6 Å². The molecule has 2 fully saturated rings. The van der Waals surface area contributed by atoms with Crippen LogP contribution in [0.25, 0.3) is 0 Å². The van der Waals surface area contributed by atoms with Gasteiger partial charge < -0.3 is 20.4 Å². The number of halogens is 1. The maximum atomic E-state index is 13.3. The lowest BCUT2D eigenvalue weighted by atomic mass is 9.80. The van der Waals surface area contributed by atoms with Crippen molar-refractivity contribution in [2.45, 2.75) is 57.5 Å². The van der Waals surface area contributed by atoms with E-state index in [0.29, 0.717) is 17.2 Å². The molecule has 4 atom stereocenters. The summed E-state index contributed by atoms with van der Waals surface area (Å²) in [6, 6.07) is 15.7. The fraction of sp³-hybridized carbons (Fsp3) is 0.500. The number of nitrogens with zero attached hydrogens (tertiary/aromatic N) is 3. The number of hydrogen-bond acceptors (Lipinski definition) is 4. The van der Waals surface area contributed by atoms with E-state index in [-0.39, 0.29) is 35.8 Å². The summed E-state index contributed by atoms with van der Waals surface area (Å²) in [5, 5.41) is 15.2. The number of nitriles is 1. The summed E-state index contributed by atoms with van der Waals surface area (Å²) in [5.74, 6) is 0.571. The van der Waals surface area contributed by atoms with Crippen LogP contribution in [0.15, 0.2) is 48.5 Å². The Morgan fingerprint density at radius 2 is 1.95 bits per heavy atom. The molecule has 8 heteroatoms. The number of nitrogens with one attached hydrogen (secondary N) is 2. The highest BCUT2D eigenvalue weighted by molar-refractivity contribution is 5.89. The lowest BCUT2D eigenvalue weighted by Crippen LogP contribution is -2.53. The first-order valence-electron chi connectivity index (χ1n) is 13.6. The number of amides is 3. The molecule has 1 aliphatic heterocycles. The minimum atomic E-state index is -0.277. The van der Waals surface area contributed by atoms with E-state index in [9.17, 15) is 14.0 Å². The van der Waals surface area contributed by atoms with Gasteiger partial charge >= 0.3 is 6.03 Å². The van der Waals surface area contributed by atoms with E-state index in [0.717, 1.165) is 63.7 Å². The lowest BCUT2D eigenvalue weighted by Gasteiger charge is -2.43. The summed E-state index contributed by atoms with van der Waals surface area (Å²) >= 11 is 0. The van der Waals surface area contributed by atoms with E-state index in [1.807, 2.05) is 24.1 Å². The predicted octanol–water partition coefficient (Wildman–Crippen LogP) is 4.79. The first kappa shape index (κ1) is 27.6. The maximum Gasteiger partial charge on any atom is 0.319 e. The van der Waals surface area contributed by atoms with Crippen LogP contribution in [-0.2, 0) is 11.2 Å². The first-order valence-corrected chi connectivity index (χ1v) is 13.6. The standard InChI is InChI=1S/C30H38FN5O2/c1-21(37)35(2)28-12-13-29(34-30(38)33-27-7-3-5-23(16-27)18-32)25(17-28)20-36-14-4-6-24(19-36)15-22-8-10-26(31)11-9-22/h3,5,7-11,16,24-25,28-29H,4,6,12-15,17,19-20H2,1-2H3,(H2,33,34,38)/t24-,25-,28+,29?/m0/s1. The summed E-state index contributed by atoms with van der Waals surface area (Å²) < 4.78 is 13.3. The topological polar surface area (TPSA) is 88.5 Å². The molecule has 0 bridgehead atoms. The number of benzene rings is 2. The van der Waals surface area contributed by atoms with Crippen LogP contribution in [0.3, 0.4) is 0 Å². The zero-order chi connectivity index (χ0) is 27.1. The average Bonchev–Trinajstić information content (AvgIpc) is 2.91. The molecule has 1 heterocycles. The van der Waals surface area contributed by atoms with Crippen LogP contribution in [0.2, 0.25) is 0 Å². The van der Waals surface area contributed by atoms with Gasteiger partial charge in [-0.2, -0.15) is 5.26 Å². The molecular weight excluding hydrogens is 481 g/mol. The van der Waals surface area contributed by atoms with E-state index in [1.165, 1.54) is 12.1 Å². The Kier molecular flexibility index (Phi) is 9.35. The molecule has 0 spiro atoms. The number of piperidine rings is 1. The highest BCUT2D eigenvalue weighted by Crippen LogP contribution is 2.31. The molecule has 2 aliphatic rings. The van der Waals surface area contributed by atoms with Crippen molar-refractivity contribution < 1.29 is 14.0 Å². The van der Waals surface area contributed by atoms with Crippen LogP contribution < -0.4 is 10.6 Å². The molecule has 7 nitrogen and oxygen atoms in total. The van der Waals surface area contributed by atoms with Crippen molar-refractivity contribution in [1.82, 2.24) is 15.1 Å². The molecule has 1 aliphatic carbocycles. The second-order valence-corrected chi connectivity index (χ2v) is 10.9. The van der Waals surface area contributed by atoms with Crippen molar-refractivity contribution in [3.8, 4) is 6.07 Å². The summed E-state index contributed by atoms with van der Waals surface area (Å²) in [6.45, 7) is 4.45. The second kappa shape index (κ2) is 12.9. The Morgan fingerprint density at radius 1 is 1.16 bits per heavy atom. The molecule has 4 rings (SSSR count). The van der Waals surface area contributed by atoms with Crippen molar-refractivity contribution in [3.63, 3.8) is 0 Å². The van der Waals surface area contributed by atoms with E-state index >= 15 is 0 Å². The first-order chi connectivity index (χ1) is 18.3. The Hall–Kier alpha value is -3.44. The molecule has 202 valence electrons. The average molecular weight is 520 g/mol. The SMILES string of the molecule is CC(=O)N(C)[C@@H]1CCC(NC(=O)Nc2cccc(C#N)c2)[C@H](CN2CCC[C@@H](Cc3ccc(F)cc3)C2)C1. The van der Waals surface area contributed by atoms with Crippen molar-refractivity contribution in [3.05, 3.63) is 65.5 Å². The van der Waals surface area contributed by atoms with Crippen LogP contribution >= 0.6 is 0 Å². The fourth-order valence-corrected chi connectivity index (χ4v) is 6.01. The fourth-order valence-electron chi connectivity index (χ4n) is 6.01. The van der Waals surface area contributed by atoms with E-state index in [4.69, 9.17) is 5.26 Å². The smallest absolute Gasteiger partial charge is 0.319 e. The molecule has 2 aromatic carbocycles. The minimum absolute atomic E-state index is 0.0109. The van der Waals surface area contributed by atoms with Crippen LogP contribution in [0.1, 0.15) is 50.2 Å². The number of urea groups is 1. The van der Waals surface area contributed by atoms with E-state index in [1.54, 1.807) is 31.2 Å². The van der Waals surface area contributed by atoms with Crippen molar-refractivity contribution >= 4 is 17.6 Å². The van der Waals surface area contributed by atoms with Gasteiger partial charge in [-0.15, -0.1) is 0 Å². The molecule has 0 aromatic heterocycles. The Bertz CT molecular complexity index is 1150. The Labute approximate surface area is 225 Å². The molecule has 0 radical (unpaired) electrons. The number of anilines is 1. The third-order valence-electron chi connectivity index (χ3n) is 8.10. The monoisotopic (exact) mass is 519 g/mol. The minimum Gasteiger partial charge on any atom is -0.343 e. The third kappa shape index (κ3) is 7.55. The van der Waals surface area contributed by atoms with Crippen molar-refractivity contribution in [2.24, 2.45) is 11.8 Å². The molecule has 1 saturated carbocycles. The molecule has 3 amide bonds. The second-order valence-electron chi connectivity index (χ2n) is 10.9. The van der Waals surface area contributed by atoms with Crippen molar-refractivity contribution in [2.75, 3.05) is 32.0 Å². The molecule has 2 N–H and O–H groups in total. The molecule has 1 saturated heterocycles. The van der Waals surface area contributed by atoms with Gasteiger partial charge in [0.15, 0.2) is 0 Å². The van der Waals surface area contributed by atoms with Gasteiger partial charge in [-0.3, -0.25) is 4.79 Å². The van der Waals surface area contributed by atoms with Gasteiger partial charge in [-0.1, -0.05) is 18.2 Å². The number of hydrogen-bond donors (Lipinski definition) is 2.